The summed E-state index contributed by atoms with van der Waals surface area (Å²) in [6, 6.07) is 5.45. The third kappa shape index (κ3) is 3.53. The molecule has 1 atom stereocenters. The minimum absolute atomic E-state index is 0.0205. The average Bonchev–Trinajstić information content (AvgIpc) is 3.17. The van der Waals surface area contributed by atoms with Crippen molar-refractivity contribution in [2.75, 3.05) is 6.61 Å². The Hall–Kier alpha value is -2.35. The van der Waals surface area contributed by atoms with E-state index in [4.69, 9.17) is 9.26 Å². The summed E-state index contributed by atoms with van der Waals surface area (Å²) in [5, 5.41) is 4.66. The van der Waals surface area contributed by atoms with Crippen molar-refractivity contribution in [1.82, 2.24) is 19.7 Å². The molecule has 0 saturated carbocycles. The molecule has 1 unspecified atom stereocenters. The van der Waals surface area contributed by atoms with Gasteiger partial charge in [0.1, 0.15) is 0 Å². The van der Waals surface area contributed by atoms with E-state index in [-0.39, 0.29) is 11.2 Å². The second-order valence-electron chi connectivity index (χ2n) is 5.50. The molecular weight excluding hydrogens is 340 g/mol. The Bertz CT molecular complexity index is 903. The highest BCUT2D eigenvalue weighted by Gasteiger charge is 2.20. The summed E-state index contributed by atoms with van der Waals surface area (Å²) in [7, 11) is 0. The minimum atomic E-state index is -0.334. The molecule has 0 saturated heterocycles. The van der Waals surface area contributed by atoms with Gasteiger partial charge in [-0.2, -0.15) is 4.98 Å². The van der Waals surface area contributed by atoms with Crippen molar-refractivity contribution in [3.05, 3.63) is 35.5 Å². The number of rotatable bonds is 6. The van der Waals surface area contributed by atoms with Gasteiger partial charge in [-0.1, -0.05) is 16.9 Å². The second-order valence-corrected chi connectivity index (χ2v) is 6.81. The van der Waals surface area contributed by atoms with E-state index in [0.29, 0.717) is 23.9 Å². The van der Waals surface area contributed by atoms with Crippen LogP contribution in [0.2, 0.25) is 0 Å². The molecule has 8 heteroatoms. The number of carbonyl (C=O) groups is 1. The lowest BCUT2D eigenvalue weighted by Gasteiger charge is -2.08. The van der Waals surface area contributed by atoms with Gasteiger partial charge in [-0.15, -0.1) is 0 Å². The van der Waals surface area contributed by atoms with E-state index < -0.39 is 0 Å². The van der Waals surface area contributed by atoms with E-state index in [1.54, 1.807) is 37.7 Å². The van der Waals surface area contributed by atoms with Gasteiger partial charge < -0.3 is 13.8 Å². The number of hydrogen-bond acceptors (Lipinski definition) is 7. The lowest BCUT2D eigenvalue weighted by molar-refractivity contribution is 0.0526. The number of nitrogens with zero attached hydrogens (tertiary/aromatic N) is 4. The zero-order valence-corrected chi connectivity index (χ0v) is 15.5. The summed E-state index contributed by atoms with van der Waals surface area (Å²) in [5.74, 6) is 0.856. The van der Waals surface area contributed by atoms with Crippen LogP contribution in [-0.2, 0) is 11.3 Å². The van der Waals surface area contributed by atoms with Gasteiger partial charge in [-0.05, 0) is 45.9 Å². The van der Waals surface area contributed by atoms with Gasteiger partial charge in [0.05, 0.1) is 28.5 Å². The molecule has 25 heavy (non-hydrogen) atoms. The summed E-state index contributed by atoms with van der Waals surface area (Å²) in [5.41, 5.74) is 2.25. The number of imidazole rings is 1. The van der Waals surface area contributed by atoms with Gasteiger partial charge in [0.2, 0.25) is 5.89 Å². The molecule has 0 bridgehead atoms. The SMILES string of the molecule is CCOC(=O)c1ccc2c(c1)nc(SC(C)c1nc(C)no1)n2CC. The third-order valence-corrected chi connectivity index (χ3v) is 4.79. The smallest absolute Gasteiger partial charge is 0.338 e. The molecule has 0 radical (unpaired) electrons. The molecule has 132 valence electrons. The Kier molecular flexibility index (Phi) is 5.08. The maximum atomic E-state index is 11.9. The predicted molar refractivity (Wildman–Crippen MR) is 94.7 cm³/mol. The molecule has 0 aliphatic rings. The van der Waals surface area contributed by atoms with Crippen molar-refractivity contribution in [3.63, 3.8) is 0 Å². The highest BCUT2D eigenvalue weighted by atomic mass is 32.2. The van der Waals surface area contributed by atoms with Crippen LogP contribution in [-0.4, -0.2) is 32.3 Å². The number of fused-ring (bicyclic) bond motifs is 1. The van der Waals surface area contributed by atoms with Gasteiger partial charge in [-0.3, -0.25) is 0 Å². The fourth-order valence-electron chi connectivity index (χ4n) is 2.53. The van der Waals surface area contributed by atoms with Crippen molar-refractivity contribution >= 4 is 28.8 Å². The van der Waals surface area contributed by atoms with Crippen LogP contribution in [0, 0.1) is 6.92 Å². The van der Waals surface area contributed by atoms with E-state index in [0.717, 1.165) is 22.7 Å². The monoisotopic (exact) mass is 360 g/mol. The average molecular weight is 360 g/mol. The fourth-order valence-corrected chi connectivity index (χ4v) is 3.55. The highest BCUT2D eigenvalue weighted by Crippen LogP contribution is 2.35. The number of aromatic nitrogens is 4. The van der Waals surface area contributed by atoms with Crippen molar-refractivity contribution in [1.29, 1.82) is 0 Å². The Morgan fingerprint density at radius 1 is 1.36 bits per heavy atom. The van der Waals surface area contributed by atoms with E-state index in [9.17, 15) is 4.79 Å². The Morgan fingerprint density at radius 2 is 2.16 bits per heavy atom. The van der Waals surface area contributed by atoms with Crippen LogP contribution in [0.3, 0.4) is 0 Å². The zero-order valence-electron chi connectivity index (χ0n) is 14.6. The fraction of sp³-hybridized carbons (Fsp3) is 0.412. The van der Waals surface area contributed by atoms with Crippen LogP contribution in [0.1, 0.15) is 48.1 Å². The summed E-state index contributed by atoms with van der Waals surface area (Å²) >= 11 is 1.55. The van der Waals surface area contributed by atoms with E-state index in [1.165, 1.54) is 0 Å². The molecule has 0 amide bonds. The van der Waals surface area contributed by atoms with Crippen LogP contribution >= 0.6 is 11.8 Å². The van der Waals surface area contributed by atoms with Gasteiger partial charge >= 0.3 is 5.97 Å². The van der Waals surface area contributed by atoms with Crippen LogP contribution in [0.15, 0.2) is 27.9 Å². The van der Waals surface area contributed by atoms with Crippen molar-refractivity contribution in [3.8, 4) is 0 Å². The molecule has 7 nitrogen and oxygen atoms in total. The Labute approximate surface area is 149 Å². The van der Waals surface area contributed by atoms with Crippen LogP contribution in [0.5, 0.6) is 0 Å². The number of hydrogen-bond donors (Lipinski definition) is 0. The summed E-state index contributed by atoms with van der Waals surface area (Å²) < 4.78 is 12.4. The van der Waals surface area contributed by atoms with Gasteiger partial charge in [0, 0.05) is 6.54 Å². The third-order valence-electron chi connectivity index (χ3n) is 3.71. The van der Waals surface area contributed by atoms with Crippen LogP contribution < -0.4 is 0 Å². The first-order valence-corrected chi connectivity index (χ1v) is 9.05. The van der Waals surface area contributed by atoms with Crippen molar-refractivity contribution in [2.45, 2.75) is 44.6 Å². The van der Waals surface area contributed by atoms with E-state index in [1.807, 2.05) is 13.0 Å². The Morgan fingerprint density at radius 3 is 2.80 bits per heavy atom. The molecule has 0 aliphatic carbocycles. The maximum absolute atomic E-state index is 11.9. The summed E-state index contributed by atoms with van der Waals surface area (Å²) in [4.78, 5) is 20.9. The second kappa shape index (κ2) is 7.26. The number of thioether (sulfide) groups is 1. The number of ether oxygens (including phenoxy) is 1. The standard InChI is InChI=1S/C17H20N4O3S/c1-5-21-14-8-7-12(16(22)23-6-2)9-13(14)19-17(21)25-10(3)15-18-11(4)20-24-15/h7-10H,5-6H2,1-4H3. The zero-order chi connectivity index (χ0) is 18.0. The lowest BCUT2D eigenvalue weighted by atomic mass is 10.2. The highest BCUT2D eigenvalue weighted by molar-refractivity contribution is 7.99. The molecule has 3 aromatic rings. The van der Waals surface area contributed by atoms with Crippen molar-refractivity contribution in [2.24, 2.45) is 0 Å². The summed E-state index contributed by atoms with van der Waals surface area (Å²) in [6.45, 7) is 8.77. The number of aryl methyl sites for hydroxylation is 2. The number of esters is 1. The molecule has 2 heterocycles. The van der Waals surface area contributed by atoms with Gasteiger partial charge in [0.15, 0.2) is 11.0 Å². The molecule has 2 aromatic heterocycles. The van der Waals surface area contributed by atoms with Gasteiger partial charge in [-0.25, -0.2) is 9.78 Å². The van der Waals surface area contributed by atoms with E-state index >= 15 is 0 Å². The largest absolute Gasteiger partial charge is 0.462 e. The molecule has 0 fully saturated rings. The van der Waals surface area contributed by atoms with Gasteiger partial charge in [0.25, 0.3) is 0 Å². The normalized spacial score (nSPS) is 12.5. The molecule has 0 N–H and O–H groups in total. The molecule has 1 aromatic carbocycles. The number of carbonyl (C=O) groups excluding carboxylic acids is 1. The Balaban J connectivity index is 1.93. The molecular formula is C17H20N4O3S. The quantitative estimate of drug-likeness (QED) is 0.488. The molecule has 0 aliphatic heterocycles. The molecule has 3 rings (SSSR count). The summed E-state index contributed by atoms with van der Waals surface area (Å²) in [6.07, 6.45) is 0. The molecule has 0 spiro atoms. The van der Waals surface area contributed by atoms with E-state index in [2.05, 4.69) is 26.6 Å². The lowest BCUT2D eigenvalue weighted by Crippen LogP contribution is -2.04. The first-order valence-electron chi connectivity index (χ1n) is 8.17. The first kappa shape index (κ1) is 17.5. The van der Waals surface area contributed by atoms with Crippen LogP contribution in [0.25, 0.3) is 11.0 Å². The topological polar surface area (TPSA) is 83.0 Å². The minimum Gasteiger partial charge on any atom is -0.462 e. The number of benzene rings is 1. The van der Waals surface area contributed by atoms with Crippen molar-refractivity contribution < 1.29 is 14.1 Å². The predicted octanol–water partition coefficient (Wildman–Crippen LogP) is 3.78. The first-order chi connectivity index (χ1) is 12.0. The maximum Gasteiger partial charge on any atom is 0.338 e. The van der Waals surface area contributed by atoms with Crippen LogP contribution in [0.4, 0.5) is 0 Å².